The molecule has 12 heteroatoms. The summed E-state index contributed by atoms with van der Waals surface area (Å²) in [5.41, 5.74) is 0.940. The zero-order valence-corrected chi connectivity index (χ0v) is 18.9. The standard InChI is InChI=1S/C22H30N6O6/c29-21-3-1-19(27(31)32)13-17(21)15-25-9-5-23-7-11-26(12-8-24-6-10-25)16-18-14-20(28(33)34)2-4-22(18)30/h1-4,13-14,23-24,29-30H,5-12,15-16H2. The van der Waals surface area contributed by atoms with Gasteiger partial charge in [-0.25, -0.2) is 0 Å². The van der Waals surface area contributed by atoms with Crippen molar-refractivity contribution >= 4 is 11.4 Å². The topological polar surface area (TPSA) is 157 Å². The Balaban J connectivity index is 1.57. The van der Waals surface area contributed by atoms with Crippen LogP contribution in [0.5, 0.6) is 11.5 Å². The molecule has 0 spiro atoms. The molecule has 0 radical (unpaired) electrons. The summed E-state index contributed by atoms with van der Waals surface area (Å²) in [4.78, 5) is 25.4. The second-order valence-electron chi connectivity index (χ2n) is 8.19. The molecular weight excluding hydrogens is 444 g/mol. The summed E-state index contributed by atoms with van der Waals surface area (Å²) in [6.45, 7) is 6.30. The summed E-state index contributed by atoms with van der Waals surface area (Å²) in [7, 11) is 0. The van der Waals surface area contributed by atoms with Crippen molar-refractivity contribution in [1.82, 2.24) is 20.4 Å². The lowest BCUT2D eigenvalue weighted by atomic mass is 10.1. The molecule has 3 rings (SSSR count). The van der Waals surface area contributed by atoms with Crippen LogP contribution in [0.4, 0.5) is 11.4 Å². The minimum absolute atomic E-state index is 0.0395. The van der Waals surface area contributed by atoms with E-state index in [1.807, 2.05) is 0 Å². The van der Waals surface area contributed by atoms with E-state index >= 15 is 0 Å². The number of nitro benzene ring substituents is 2. The van der Waals surface area contributed by atoms with E-state index in [0.29, 0.717) is 76.6 Å². The molecule has 0 saturated carbocycles. The van der Waals surface area contributed by atoms with Gasteiger partial charge in [0.05, 0.1) is 9.85 Å². The molecule has 2 aromatic carbocycles. The first kappa shape index (κ1) is 25.3. The lowest BCUT2D eigenvalue weighted by Crippen LogP contribution is -2.42. The third-order valence-electron chi connectivity index (χ3n) is 5.75. The first-order valence-electron chi connectivity index (χ1n) is 11.1. The summed E-state index contributed by atoms with van der Waals surface area (Å²) in [5, 5.41) is 49.1. The molecule has 0 aliphatic carbocycles. The fraction of sp³-hybridized carbons (Fsp3) is 0.455. The summed E-state index contributed by atoms with van der Waals surface area (Å²) in [5.74, 6) is 0.0790. The average molecular weight is 475 g/mol. The second-order valence-corrected chi connectivity index (χ2v) is 8.19. The van der Waals surface area contributed by atoms with Gasteiger partial charge >= 0.3 is 0 Å². The maximum Gasteiger partial charge on any atom is 0.270 e. The van der Waals surface area contributed by atoms with Crippen molar-refractivity contribution in [2.24, 2.45) is 0 Å². The van der Waals surface area contributed by atoms with E-state index in [1.165, 1.54) is 36.4 Å². The van der Waals surface area contributed by atoms with Crippen molar-refractivity contribution in [2.45, 2.75) is 13.1 Å². The molecule has 1 saturated heterocycles. The van der Waals surface area contributed by atoms with Gasteiger partial charge in [0.15, 0.2) is 0 Å². The van der Waals surface area contributed by atoms with Gasteiger partial charge in [0, 0.05) is 101 Å². The molecule has 4 N–H and O–H groups in total. The number of non-ortho nitro benzene ring substituents is 2. The highest BCUT2D eigenvalue weighted by molar-refractivity contribution is 5.43. The number of hydrogen-bond acceptors (Lipinski definition) is 10. The van der Waals surface area contributed by atoms with Crippen LogP contribution in [0.25, 0.3) is 0 Å². The van der Waals surface area contributed by atoms with E-state index in [4.69, 9.17) is 0 Å². The Hall–Kier alpha value is -3.32. The average Bonchev–Trinajstić information content (AvgIpc) is 2.79. The molecule has 0 unspecified atom stereocenters. The monoisotopic (exact) mass is 474 g/mol. The molecule has 12 nitrogen and oxygen atoms in total. The molecule has 1 heterocycles. The van der Waals surface area contributed by atoms with Crippen LogP contribution >= 0.6 is 0 Å². The Morgan fingerprint density at radius 3 is 1.38 bits per heavy atom. The SMILES string of the molecule is O=[N+]([O-])c1ccc(O)c(CN2CCNCCN(Cc3cc([N+](=O)[O-])ccc3O)CCNCC2)c1. The van der Waals surface area contributed by atoms with Gasteiger partial charge in [-0.3, -0.25) is 30.0 Å². The molecule has 1 aliphatic heterocycles. The van der Waals surface area contributed by atoms with Crippen LogP contribution in [0.2, 0.25) is 0 Å². The van der Waals surface area contributed by atoms with Crippen molar-refractivity contribution in [2.75, 3.05) is 52.4 Å². The Labute approximate surface area is 197 Å². The van der Waals surface area contributed by atoms with Crippen LogP contribution in [0.15, 0.2) is 36.4 Å². The van der Waals surface area contributed by atoms with Crippen molar-refractivity contribution in [3.63, 3.8) is 0 Å². The van der Waals surface area contributed by atoms with Gasteiger partial charge in [-0.1, -0.05) is 0 Å². The summed E-state index contributed by atoms with van der Waals surface area (Å²) < 4.78 is 0. The summed E-state index contributed by atoms with van der Waals surface area (Å²) in [6.07, 6.45) is 0. The first-order valence-corrected chi connectivity index (χ1v) is 11.1. The number of nitrogens with zero attached hydrogens (tertiary/aromatic N) is 4. The normalized spacial score (nSPS) is 16.9. The fourth-order valence-electron chi connectivity index (χ4n) is 3.84. The molecule has 0 aromatic heterocycles. The van der Waals surface area contributed by atoms with Crippen LogP contribution in [0.3, 0.4) is 0 Å². The molecule has 1 fully saturated rings. The smallest absolute Gasteiger partial charge is 0.270 e. The molecule has 0 bridgehead atoms. The number of nitrogens with one attached hydrogen (secondary N) is 2. The number of benzene rings is 2. The minimum atomic E-state index is -0.471. The quantitative estimate of drug-likeness (QED) is 0.356. The molecule has 184 valence electrons. The van der Waals surface area contributed by atoms with Crippen molar-refractivity contribution in [3.8, 4) is 11.5 Å². The third-order valence-corrected chi connectivity index (χ3v) is 5.75. The minimum Gasteiger partial charge on any atom is -0.508 e. The Bertz CT molecular complexity index is 912. The maximum absolute atomic E-state index is 11.1. The number of hydrogen-bond donors (Lipinski definition) is 4. The molecular formula is C22H30N6O6. The summed E-state index contributed by atoms with van der Waals surface area (Å²) in [6, 6.07) is 8.11. The zero-order chi connectivity index (χ0) is 24.5. The predicted molar refractivity (Wildman–Crippen MR) is 126 cm³/mol. The lowest BCUT2D eigenvalue weighted by Gasteiger charge is -2.27. The van der Waals surface area contributed by atoms with Crippen LogP contribution in [-0.2, 0) is 13.1 Å². The van der Waals surface area contributed by atoms with Gasteiger partial charge in [0.2, 0.25) is 0 Å². The number of phenolic OH excluding ortho intramolecular Hbond substituents is 2. The largest absolute Gasteiger partial charge is 0.508 e. The number of phenols is 2. The maximum atomic E-state index is 11.1. The number of rotatable bonds is 6. The van der Waals surface area contributed by atoms with E-state index in [1.54, 1.807) is 0 Å². The van der Waals surface area contributed by atoms with E-state index in [0.717, 1.165) is 0 Å². The fourth-order valence-corrected chi connectivity index (χ4v) is 3.84. The van der Waals surface area contributed by atoms with Gasteiger partial charge in [0.25, 0.3) is 11.4 Å². The molecule has 2 aromatic rings. The van der Waals surface area contributed by atoms with Gasteiger partial charge in [-0.15, -0.1) is 0 Å². The molecule has 34 heavy (non-hydrogen) atoms. The van der Waals surface area contributed by atoms with Gasteiger partial charge in [-0.2, -0.15) is 0 Å². The van der Waals surface area contributed by atoms with Crippen LogP contribution < -0.4 is 10.6 Å². The molecule has 0 atom stereocenters. The Morgan fingerprint density at radius 2 is 1.06 bits per heavy atom. The van der Waals surface area contributed by atoms with Gasteiger partial charge < -0.3 is 20.8 Å². The molecule has 0 amide bonds. The van der Waals surface area contributed by atoms with Crippen molar-refractivity contribution < 1.29 is 20.1 Å². The van der Waals surface area contributed by atoms with Gasteiger partial charge in [-0.05, 0) is 12.1 Å². The third kappa shape index (κ3) is 7.35. The Kier molecular flexibility index (Phi) is 9.10. The first-order chi connectivity index (χ1) is 16.3. The highest BCUT2D eigenvalue weighted by atomic mass is 16.6. The number of aromatic hydroxyl groups is 2. The second kappa shape index (κ2) is 12.2. The highest BCUT2D eigenvalue weighted by Gasteiger charge is 2.16. The van der Waals surface area contributed by atoms with Gasteiger partial charge in [0.1, 0.15) is 11.5 Å². The number of nitro groups is 2. The summed E-state index contributed by atoms with van der Waals surface area (Å²) >= 11 is 0. The zero-order valence-electron chi connectivity index (χ0n) is 18.9. The van der Waals surface area contributed by atoms with Crippen LogP contribution in [0, 0.1) is 20.2 Å². The van der Waals surface area contributed by atoms with E-state index in [9.17, 15) is 30.4 Å². The molecule has 1 aliphatic rings. The van der Waals surface area contributed by atoms with Crippen molar-refractivity contribution in [3.05, 3.63) is 67.8 Å². The van der Waals surface area contributed by atoms with E-state index in [-0.39, 0.29) is 22.9 Å². The van der Waals surface area contributed by atoms with E-state index in [2.05, 4.69) is 20.4 Å². The van der Waals surface area contributed by atoms with Crippen LogP contribution in [-0.4, -0.2) is 82.2 Å². The van der Waals surface area contributed by atoms with Crippen LogP contribution in [0.1, 0.15) is 11.1 Å². The Morgan fingerprint density at radius 1 is 0.706 bits per heavy atom. The van der Waals surface area contributed by atoms with E-state index < -0.39 is 9.85 Å². The predicted octanol–water partition coefficient (Wildman–Crippen LogP) is 1.41. The lowest BCUT2D eigenvalue weighted by molar-refractivity contribution is -0.385. The highest BCUT2D eigenvalue weighted by Crippen LogP contribution is 2.25. The van der Waals surface area contributed by atoms with Crippen molar-refractivity contribution in [1.29, 1.82) is 0 Å².